The second-order valence-corrected chi connectivity index (χ2v) is 3.66. The zero-order valence-corrected chi connectivity index (χ0v) is 9.79. The molecule has 0 amide bonds. The van der Waals surface area contributed by atoms with E-state index in [-0.39, 0.29) is 19.0 Å². The van der Waals surface area contributed by atoms with Gasteiger partial charge in [0.2, 0.25) is 0 Å². The van der Waals surface area contributed by atoms with Crippen molar-refractivity contribution in [1.82, 2.24) is 0 Å². The van der Waals surface area contributed by atoms with Crippen LogP contribution >= 0.6 is 39.9 Å². The van der Waals surface area contributed by atoms with Gasteiger partial charge in [-0.25, -0.2) is 4.39 Å². The first-order chi connectivity index (χ1) is 5.65. The minimum Gasteiger partial charge on any atom is -0.327 e. The van der Waals surface area contributed by atoms with Crippen molar-refractivity contribution in [3.05, 3.63) is 33.3 Å². The maximum atomic E-state index is 13.1. The largest absolute Gasteiger partial charge is 0.327 e. The summed E-state index contributed by atoms with van der Waals surface area (Å²) in [5, 5.41) is 0.579. The molecule has 0 aromatic heterocycles. The second kappa shape index (κ2) is 5.81. The van der Waals surface area contributed by atoms with Crippen LogP contribution in [-0.4, -0.2) is 6.54 Å². The Morgan fingerprint density at radius 3 is 2.62 bits per heavy atom. The highest BCUT2D eigenvalue weighted by molar-refractivity contribution is 9.10. The standard InChI is InChI=1S/C8H8BrClFN.ClH/c9-7-3-5(10)1-2-6(7)8(11)4-12;/h1-3,8H,4,12H2;1H. The first-order valence-corrected chi connectivity index (χ1v) is 4.61. The summed E-state index contributed by atoms with van der Waals surface area (Å²) in [6.45, 7) is -0.0137. The Morgan fingerprint density at radius 2 is 2.15 bits per heavy atom. The first-order valence-electron chi connectivity index (χ1n) is 3.44. The van der Waals surface area contributed by atoms with Crippen LogP contribution in [0.4, 0.5) is 4.39 Å². The Kier molecular flexibility index (Phi) is 5.88. The van der Waals surface area contributed by atoms with Crippen molar-refractivity contribution in [3.63, 3.8) is 0 Å². The molecule has 0 saturated heterocycles. The fourth-order valence-corrected chi connectivity index (χ4v) is 1.81. The minimum absolute atomic E-state index is 0. The topological polar surface area (TPSA) is 26.0 Å². The molecule has 2 N–H and O–H groups in total. The lowest BCUT2D eigenvalue weighted by molar-refractivity contribution is 0.351. The molecule has 0 radical (unpaired) electrons. The molecule has 5 heteroatoms. The SMILES string of the molecule is Cl.NCC(F)c1ccc(Cl)cc1Br. The van der Waals surface area contributed by atoms with Gasteiger partial charge in [0.05, 0.1) is 0 Å². The molecule has 0 bridgehead atoms. The number of halogens is 4. The number of nitrogens with two attached hydrogens (primary N) is 1. The lowest BCUT2D eigenvalue weighted by Crippen LogP contribution is -2.07. The molecule has 0 saturated carbocycles. The molecule has 0 fully saturated rings. The molecule has 0 aliphatic heterocycles. The van der Waals surface area contributed by atoms with E-state index in [1.807, 2.05) is 0 Å². The van der Waals surface area contributed by atoms with Gasteiger partial charge in [-0.2, -0.15) is 0 Å². The molecule has 0 aliphatic rings. The summed E-state index contributed by atoms with van der Waals surface area (Å²) in [4.78, 5) is 0. The maximum absolute atomic E-state index is 13.1. The molecule has 1 nitrogen and oxygen atoms in total. The van der Waals surface area contributed by atoms with Crippen LogP contribution in [0.5, 0.6) is 0 Å². The summed E-state index contributed by atoms with van der Waals surface area (Å²) in [5.41, 5.74) is 5.73. The van der Waals surface area contributed by atoms with E-state index in [2.05, 4.69) is 15.9 Å². The van der Waals surface area contributed by atoms with Gasteiger partial charge in [0.15, 0.2) is 0 Å². The number of rotatable bonds is 2. The van der Waals surface area contributed by atoms with Crippen LogP contribution in [0.15, 0.2) is 22.7 Å². The average molecular weight is 289 g/mol. The molecule has 0 heterocycles. The lowest BCUT2D eigenvalue weighted by Gasteiger charge is -2.07. The van der Waals surface area contributed by atoms with Crippen molar-refractivity contribution in [3.8, 4) is 0 Å². The number of benzene rings is 1. The zero-order chi connectivity index (χ0) is 9.14. The molecule has 0 spiro atoms. The minimum atomic E-state index is -1.13. The summed E-state index contributed by atoms with van der Waals surface area (Å²) in [6.07, 6.45) is -1.13. The number of alkyl halides is 1. The van der Waals surface area contributed by atoms with Gasteiger partial charge in [0.25, 0.3) is 0 Å². The van der Waals surface area contributed by atoms with Crippen molar-refractivity contribution in [1.29, 1.82) is 0 Å². The summed E-state index contributed by atoms with van der Waals surface area (Å²) >= 11 is 8.89. The predicted molar refractivity (Wildman–Crippen MR) is 59.3 cm³/mol. The Morgan fingerprint density at radius 1 is 1.54 bits per heavy atom. The Hall–Kier alpha value is 0.170. The third kappa shape index (κ3) is 3.43. The lowest BCUT2D eigenvalue weighted by atomic mass is 10.1. The monoisotopic (exact) mass is 287 g/mol. The van der Waals surface area contributed by atoms with Crippen molar-refractivity contribution < 1.29 is 4.39 Å². The second-order valence-electron chi connectivity index (χ2n) is 2.37. The van der Waals surface area contributed by atoms with Crippen LogP contribution in [0, 0.1) is 0 Å². The smallest absolute Gasteiger partial charge is 0.138 e. The van der Waals surface area contributed by atoms with E-state index in [4.69, 9.17) is 17.3 Å². The van der Waals surface area contributed by atoms with E-state index in [1.54, 1.807) is 18.2 Å². The fourth-order valence-electron chi connectivity index (χ4n) is 0.883. The highest BCUT2D eigenvalue weighted by atomic mass is 79.9. The van der Waals surface area contributed by atoms with Crippen LogP contribution in [0.25, 0.3) is 0 Å². The zero-order valence-electron chi connectivity index (χ0n) is 6.64. The van der Waals surface area contributed by atoms with E-state index < -0.39 is 6.17 Å². The quantitative estimate of drug-likeness (QED) is 0.886. The van der Waals surface area contributed by atoms with Gasteiger partial charge in [-0.15, -0.1) is 12.4 Å². The van der Waals surface area contributed by atoms with Gasteiger partial charge in [-0.1, -0.05) is 33.6 Å². The molecule has 1 atom stereocenters. The van der Waals surface area contributed by atoms with Gasteiger partial charge < -0.3 is 5.73 Å². The van der Waals surface area contributed by atoms with Crippen molar-refractivity contribution >= 4 is 39.9 Å². The highest BCUT2D eigenvalue weighted by Crippen LogP contribution is 2.27. The third-order valence-electron chi connectivity index (χ3n) is 1.51. The molecule has 1 aromatic carbocycles. The first kappa shape index (κ1) is 13.2. The van der Waals surface area contributed by atoms with Crippen LogP contribution < -0.4 is 5.73 Å². The molecule has 74 valence electrons. The number of hydrogen-bond donors (Lipinski definition) is 1. The van der Waals surface area contributed by atoms with Crippen LogP contribution in [0.1, 0.15) is 11.7 Å². The Labute approximate surface area is 96.0 Å². The Balaban J connectivity index is 0.00000144. The van der Waals surface area contributed by atoms with Crippen molar-refractivity contribution in [2.24, 2.45) is 5.73 Å². The molecule has 13 heavy (non-hydrogen) atoms. The van der Waals surface area contributed by atoms with E-state index in [0.29, 0.717) is 15.1 Å². The molecular weight excluding hydrogens is 280 g/mol. The summed E-state index contributed by atoms with van der Waals surface area (Å²) < 4.78 is 13.7. The van der Waals surface area contributed by atoms with Gasteiger partial charge in [-0.05, 0) is 12.1 Å². The van der Waals surface area contributed by atoms with Crippen LogP contribution in [0.3, 0.4) is 0 Å². The average Bonchev–Trinajstić information content (AvgIpc) is 2.03. The van der Waals surface area contributed by atoms with Gasteiger partial charge in [-0.3, -0.25) is 0 Å². The normalized spacial score (nSPS) is 12.0. The molecule has 1 unspecified atom stereocenters. The highest BCUT2D eigenvalue weighted by Gasteiger charge is 2.10. The van der Waals surface area contributed by atoms with Crippen molar-refractivity contribution in [2.45, 2.75) is 6.17 Å². The van der Waals surface area contributed by atoms with Crippen molar-refractivity contribution in [2.75, 3.05) is 6.54 Å². The van der Waals surface area contributed by atoms with E-state index >= 15 is 0 Å². The summed E-state index contributed by atoms with van der Waals surface area (Å²) in [6, 6.07) is 4.92. The van der Waals surface area contributed by atoms with Gasteiger partial charge in [0.1, 0.15) is 6.17 Å². The number of hydrogen-bond acceptors (Lipinski definition) is 1. The molecule has 0 aliphatic carbocycles. The van der Waals surface area contributed by atoms with Gasteiger partial charge >= 0.3 is 0 Å². The van der Waals surface area contributed by atoms with Crippen LogP contribution in [-0.2, 0) is 0 Å². The van der Waals surface area contributed by atoms with Gasteiger partial charge in [0, 0.05) is 21.6 Å². The molecule has 1 aromatic rings. The van der Waals surface area contributed by atoms with E-state index in [1.165, 1.54) is 0 Å². The van der Waals surface area contributed by atoms with Crippen LogP contribution in [0.2, 0.25) is 5.02 Å². The predicted octanol–water partition coefficient (Wildman–Crippen LogP) is 3.49. The Bertz CT molecular complexity index is 283. The summed E-state index contributed by atoms with van der Waals surface area (Å²) in [7, 11) is 0. The third-order valence-corrected chi connectivity index (χ3v) is 2.43. The molecular formula is C8H9BrCl2FN. The summed E-state index contributed by atoms with van der Waals surface area (Å²) in [5.74, 6) is 0. The van der Waals surface area contributed by atoms with E-state index in [9.17, 15) is 4.39 Å². The fraction of sp³-hybridized carbons (Fsp3) is 0.250. The van der Waals surface area contributed by atoms with E-state index in [0.717, 1.165) is 0 Å². The maximum Gasteiger partial charge on any atom is 0.138 e. The molecule has 1 rings (SSSR count).